The quantitative estimate of drug-likeness (QED) is 0.579. The maximum atomic E-state index is 2.67. The molecule has 0 aliphatic rings. The van der Waals surface area contributed by atoms with Crippen LogP contribution in [-0.4, -0.2) is 9.96 Å². The Kier molecular flexibility index (Phi) is 3.43. The van der Waals surface area contributed by atoms with Crippen molar-refractivity contribution in [1.29, 1.82) is 0 Å². The van der Waals surface area contributed by atoms with Crippen LogP contribution in [0.25, 0.3) is 0 Å². The second kappa shape index (κ2) is 3.94. The molecule has 11 heavy (non-hydrogen) atoms. The van der Waals surface area contributed by atoms with Crippen LogP contribution < -0.4 is 0 Å². The fraction of sp³-hybridized carbons (Fsp3) is 0.333. The van der Waals surface area contributed by atoms with Gasteiger partial charge in [0.2, 0.25) is 0 Å². The van der Waals surface area contributed by atoms with E-state index >= 15 is 0 Å². The fourth-order valence-corrected chi connectivity index (χ4v) is 5.90. The number of benzene rings is 1. The molecule has 0 heterocycles. The van der Waals surface area contributed by atoms with Gasteiger partial charge in [0.1, 0.15) is 0 Å². The van der Waals surface area contributed by atoms with Crippen molar-refractivity contribution in [2.75, 3.05) is 0 Å². The molecule has 60 valence electrons. The summed E-state index contributed by atoms with van der Waals surface area (Å²) in [5, 5.41) is 1.33. The first-order valence-electron chi connectivity index (χ1n) is 3.81. The molecule has 1 rings (SSSR count). The first kappa shape index (κ1) is 9.58. The Morgan fingerprint density at radius 2 is 1.73 bits per heavy atom. The van der Waals surface area contributed by atoms with E-state index in [1.807, 2.05) is 0 Å². The first-order valence-corrected chi connectivity index (χ1v) is 15.9. The summed E-state index contributed by atoms with van der Waals surface area (Å²) in [5.41, 5.74) is 1.51. The van der Waals surface area contributed by atoms with Crippen LogP contribution in [-0.2, 0) is 5.25 Å². The second-order valence-electron chi connectivity index (χ2n) is 3.38. The van der Waals surface area contributed by atoms with Crippen LogP contribution in [0.3, 0.4) is 0 Å². The van der Waals surface area contributed by atoms with Crippen molar-refractivity contribution in [2.24, 2.45) is 0 Å². The SMILES string of the molecule is [CH3][Ge]([CH3])([I])[CH2]c1ccccc1. The fourth-order valence-electron chi connectivity index (χ4n) is 1.08. The van der Waals surface area contributed by atoms with Crippen LogP contribution in [0.1, 0.15) is 5.56 Å². The molecule has 0 unspecified atom stereocenters. The van der Waals surface area contributed by atoms with E-state index in [0.717, 1.165) is 0 Å². The van der Waals surface area contributed by atoms with Gasteiger partial charge in [-0.25, -0.2) is 0 Å². The standard InChI is InChI=1S/C9H13GeI/c1-10(2,11)8-9-6-4-3-5-7-9/h3-7H,8H2,1-2H3. The van der Waals surface area contributed by atoms with Crippen molar-refractivity contribution >= 4 is 30.2 Å². The van der Waals surface area contributed by atoms with Crippen molar-refractivity contribution in [3.8, 4) is 0 Å². The normalized spacial score (nSPS) is 11.5. The number of hydrogen-bond donors (Lipinski definition) is 0. The van der Waals surface area contributed by atoms with E-state index < -0.39 is 9.96 Å². The third-order valence-corrected chi connectivity index (χ3v) is 6.07. The van der Waals surface area contributed by atoms with Crippen LogP contribution in [0, 0.1) is 0 Å². The summed E-state index contributed by atoms with van der Waals surface area (Å²) in [5.74, 6) is 4.88. The molecule has 0 saturated carbocycles. The summed E-state index contributed by atoms with van der Waals surface area (Å²) in [4.78, 5) is 0. The summed E-state index contributed by atoms with van der Waals surface area (Å²) < 4.78 is 0. The number of rotatable bonds is 2. The molecule has 0 aliphatic carbocycles. The van der Waals surface area contributed by atoms with E-state index in [1.165, 1.54) is 10.8 Å². The van der Waals surface area contributed by atoms with Crippen LogP contribution in [0.2, 0.25) is 11.5 Å². The van der Waals surface area contributed by atoms with Crippen LogP contribution >= 0.6 is 20.2 Å². The van der Waals surface area contributed by atoms with Gasteiger partial charge in [-0.3, -0.25) is 0 Å². The Morgan fingerprint density at radius 1 is 1.18 bits per heavy atom. The number of halogens is 1. The molecule has 0 spiro atoms. The number of hydrogen-bond acceptors (Lipinski definition) is 0. The first-order chi connectivity index (χ1) is 5.08. The molecular formula is C9H13GeI. The Labute approximate surface area is 82.4 Å². The van der Waals surface area contributed by atoms with Crippen molar-refractivity contribution in [1.82, 2.24) is 0 Å². The summed E-state index contributed by atoms with van der Waals surface area (Å²) in [6.45, 7) is 0. The van der Waals surface area contributed by atoms with Crippen molar-refractivity contribution in [2.45, 2.75) is 16.8 Å². The average Bonchev–Trinajstić information content (AvgIpc) is 1.85. The molecule has 0 N–H and O–H groups in total. The molecule has 2 heteroatoms. The van der Waals surface area contributed by atoms with E-state index in [1.54, 1.807) is 0 Å². The molecule has 0 atom stereocenters. The van der Waals surface area contributed by atoms with Crippen molar-refractivity contribution in [3.05, 3.63) is 35.9 Å². The second-order valence-corrected chi connectivity index (χ2v) is 26.5. The van der Waals surface area contributed by atoms with Gasteiger partial charge in [-0.05, 0) is 0 Å². The Balaban J connectivity index is 2.66. The summed E-state index contributed by atoms with van der Waals surface area (Å²) in [7, 11) is -1.38. The molecule has 0 nitrogen and oxygen atoms in total. The summed E-state index contributed by atoms with van der Waals surface area (Å²) in [6.07, 6.45) is 0. The van der Waals surface area contributed by atoms with Gasteiger partial charge in [0.15, 0.2) is 0 Å². The minimum atomic E-state index is -1.38. The zero-order chi connectivity index (χ0) is 8.32. The van der Waals surface area contributed by atoms with Gasteiger partial charge in [-0.1, -0.05) is 0 Å². The van der Waals surface area contributed by atoms with Crippen molar-refractivity contribution in [3.63, 3.8) is 0 Å². The minimum absolute atomic E-state index is 1.33. The molecule has 0 aliphatic heterocycles. The maximum absolute atomic E-state index is 2.67. The molecule has 1 aromatic rings. The monoisotopic (exact) mass is 322 g/mol. The molecule has 0 fully saturated rings. The van der Waals surface area contributed by atoms with Crippen molar-refractivity contribution < 1.29 is 0 Å². The van der Waals surface area contributed by atoms with E-state index in [2.05, 4.69) is 62.1 Å². The summed E-state index contributed by atoms with van der Waals surface area (Å²) in [6, 6.07) is 10.8. The van der Waals surface area contributed by atoms with E-state index in [0.29, 0.717) is 0 Å². The molecule has 0 amide bonds. The Bertz CT molecular complexity index is 213. The molecule has 0 radical (unpaired) electrons. The van der Waals surface area contributed by atoms with Gasteiger partial charge in [-0.2, -0.15) is 0 Å². The molecule has 0 aromatic heterocycles. The summed E-state index contributed by atoms with van der Waals surface area (Å²) >= 11 is 2.67. The third-order valence-electron chi connectivity index (χ3n) is 1.47. The molecular weight excluding hydrogens is 308 g/mol. The van der Waals surface area contributed by atoms with Gasteiger partial charge < -0.3 is 0 Å². The predicted octanol–water partition coefficient (Wildman–Crippen LogP) is 3.41. The van der Waals surface area contributed by atoms with Gasteiger partial charge in [0.05, 0.1) is 0 Å². The Morgan fingerprint density at radius 3 is 2.18 bits per heavy atom. The van der Waals surface area contributed by atoms with Crippen LogP contribution in [0.15, 0.2) is 30.3 Å². The van der Waals surface area contributed by atoms with Gasteiger partial charge in [0.25, 0.3) is 0 Å². The molecule has 0 saturated heterocycles. The van der Waals surface area contributed by atoms with E-state index in [4.69, 9.17) is 0 Å². The van der Waals surface area contributed by atoms with Gasteiger partial charge in [0, 0.05) is 0 Å². The zero-order valence-electron chi connectivity index (χ0n) is 6.97. The topological polar surface area (TPSA) is 0 Å². The average molecular weight is 321 g/mol. The molecule has 0 bridgehead atoms. The Hall–Kier alpha value is 0.493. The van der Waals surface area contributed by atoms with Crippen LogP contribution in [0.5, 0.6) is 0 Å². The van der Waals surface area contributed by atoms with Crippen LogP contribution in [0.4, 0.5) is 0 Å². The predicted molar refractivity (Wildman–Crippen MR) is 61.6 cm³/mol. The third kappa shape index (κ3) is 4.16. The van der Waals surface area contributed by atoms with Gasteiger partial charge in [-0.15, -0.1) is 0 Å². The van der Waals surface area contributed by atoms with E-state index in [-0.39, 0.29) is 0 Å². The van der Waals surface area contributed by atoms with Gasteiger partial charge >= 0.3 is 82.8 Å². The molecule has 1 aromatic carbocycles. The van der Waals surface area contributed by atoms with E-state index in [9.17, 15) is 0 Å². The zero-order valence-corrected chi connectivity index (χ0v) is 11.2.